The third-order valence-electron chi connectivity index (χ3n) is 12.1. The molecule has 14 heteroatoms. The first-order valence-corrected chi connectivity index (χ1v) is 25.8. The lowest BCUT2D eigenvalue weighted by molar-refractivity contribution is -0.359. The second-order valence-corrected chi connectivity index (χ2v) is 17.9. The summed E-state index contributed by atoms with van der Waals surface area (Å²) in [5.41, 5.74) is 0. The predicted octanol–water partition coefficient (Wildman–Crippen LogP) is 6.99. The molecule has 14 nitrogen and oxygen atoms in total. The van der Waals surface area contributed by atoms with E-state index in [0.717, 1.165) is 38.5 Å². The van der Waals surface area contributed by atoms with Crippen molar-refractivity contribution in [1.29, 1.82) is 0 Å². The molecule has 0 aromatic heterocycles. The number of hydrogen-bond acceptors (Lipinski definition) is 13. The van der Waals surface area contributed by atoms with E-state index in [2.05, 4.69) is 73.8 Å². The molecule has 0 aliphatic carbocycles. The Labute approximate surface area is 408 Å². The molecule has 68 heavy (non-hydrogen) atoms. The van der Waals surface area contributed by atoms with Crippen LogP contribution in [0.5, 0.6) is 0 Å². The largest absolute Gasteiger partial charge is 0.394 e. The number of nitrogens with one attached hydrogen (secondary N) is 1. The lowest BCUT2D eigenvalue weighted by Crippen LogP contribution is -2.65. The molecule has 2 aliphatic heterocycles. The van der Waals surface area contributed by atoms with Crippen molar-refractivity contribution in [2.24, 2.45) is 0 Å². The second kappa shape index (κ2) is 39.8. The first-order chi connectivity index (χ1) is 33.1. The molecule has 2 rings (SSSR count). The molecule has 12 unspecified atom stereocenters. The summed E-state index contributed by atoms with van der Waals surface area (Å²) < 4.78 is 22.6. The van der Waals surface area contributed by atoms with E-state index in [-0.39, 0.29) is 18.9 Å². The summed E-state index contributed by atoms with van der Waals surface area (Å²) in [6.07, 6.45) is 35.1. The van der Waals surface area contributed by atoms with Gasteiger partial charge in [0, 0.05) is 6.42 Å². The summed E-state index contributed by atoms with van der Waals surface area (Å²) >= 11 is 0. The van der Waals surface area contributed by atoms with Gasteiger partial charge in [0.25, 0.3) is 0 Å². The van der Waals surface area contributed by atoms with Crippen LogP contribution < -0.4 is 5.32 Å². The number of amides is 1. The van der Waals surface area contributed by atoms with Crippen molar-refractivity contribution in [3.8, 4) is 0 Å². The topological polar surface area (TPSA) is 228 Å². The third-order valence-corrected chi connectivity index (χ3v) is 12.1. The highest BCUT2D eigenvalue weighted by atomic mass is 16.7. The zero-order valence-electron chi connectivity index (χ0n) is 41.3. The zero-order valence-corrected chi connectivity index (χ0v) is 41.3. The summed E-state index contributed by atoms with van der Waals surface area (Å²) in [6.45, 7) is 2.57. The summed E-state index contributed by atoms with van der Waals surface area (Å²) in [5, 5.41) is 86.6. The first kappa shape index (κ1) is 61.3. The van der Waals surface area contributed by atoms with Gasteiger partial charge in [0.05, 0.1) is 32.0 Å². The van der Waals surface area contributed by atoms with Gasteiger partial charge in [0.2, 0.25) is 5.91 Å². The molecular weight excluding hydrogens is 871 g/mol. The molecule has 0 aromatic carbocycles. The van der Waals surface area contributed by atoms with Gasteiger partial charge < -0.3 is 65.1 Å². The van der Waals surface area contributed by atoms with E-state index in [0.29, 0.717) is 12.8 Å². The number of unbranched alkanes of at least 4 members (excludes halogenated alkanes) is 14. The molecule has 2 saturated heterocycles. The molecular formula is C54H91NO13. The number of ether oxygens (including phenoxy) is 4. The second-order valence-electron chi connectivity index (χ2n) is 17.9. The van der Waals surface area contributed by atoms with E-state index >= 15 is 0 Å². The monoisotopic (exact) mass is 962 g/mol. The SMILES string of the molecule is CC/C=C\C/C=C\C/C=C\C/C=C\C/C=C\CC(=O)NC(COC1OC(CO)C(OC2OC(CO)C(O)C(O)C2O)C(O)C1O)C(O)/C=C/CC/C=C/CCCCCCCCCCCCCCC. The maximum Gasteiger partial charge on any atom is 0.224 e. The van der Waals surface area contributed by atoms with Crippen LogP contribution in [0.2, 0.25) is 0 Å². The number of aliphatic hydroxyl groups excluding tert-OH is 8. The third kappa shape index (κ3) is 26.4. The normalized spacial score (nSPS) is 27.1. The highest BCUT2D eigenvalue weighted by molar-refractivity contribution is 5.77. The van der Waals surface area contributed by atoms with Gasteiger partial charge in [-0.2, -0.15) is 0 Å². The number of rotatable bonds is 38. The van der Waals surface area contributed by atoms with Crippen molar-refractivity contribution < 1.29 is 64.6 Å². The fraction of sp³-hybridized carbons (Fsp3) is 0.722. The van der Waals surface area contributed by atoms with Crippen molar-refractivity contribution in [3.63, 3.8) is 0 Å². The van der Waals surface area contributed by atoms with E-state index in [9.17, 15) is 45.6 Å². The van der Waals surface area contributed by atoms with E-state index in [1.165, 1.54) is 83.5 Å². The molecule has 0 saturated carbocycles. The fourth-order valence-corrected chi connectivity index (χ4v) is 7.90. The van der Waals surface area contributed by atoms with Gasteiger partial charge in [0.1, 0.15) is 48.8 Å². The molecule has 390 valence electrons. The summed E-state index contributed by atoms with van der Waals surface area (Å²) in [7, 11) is 0. The average Bonchev–Trinajstić information content (AvgIpc) is 3.34. The molecule has 9 N–H and O–H groups in total. The van der Waals surface area contributed by atoms with E-state index in [1.54, 1.807) is 12.2 Å². The van der Waals surface area contributed by atoms with Crippen molar-refractivity contribution in [2.75, 3.05) is 19.8 Å². The van der Waals surface area contributed by atoms with Gasteiger partial charge >= 0.3 is 0 Å². The Morgan fingerprint density at radius 3 is 1.59 bits per heavy atom. The standard InChI is InChI=1S/C54H91NO13/c1-3-5-7-9-11-13-15-17-19-20-21-22-24-25-27-29-31-33-35-37-43(58)42(55-46(59)38-36-34-32-30-28-26-23-18-16-14-12-10-8-6-4-2)41-65-53-51(64)49(62)52(45(40-57)67-53)68-54-50(63)48(61)47(60)44(39-56)66-54/h6,8,12,14,18,23,27-30,34-37,42-45,47-54,56-58,60-64H,3-5,7,9-11,13,15-17,19-22,24-26,31-33,38-41H2,1-2H3,(H,55,59)/b8-6-,14-12-,23-18-,29-27+,30-28-,36-34-,37-35+. The maximum atomic E-state index is 13.1. The Kier molecular flexibility index (Phi) is 35.9. The van der Waals surface area contributed by atoms with Crippen LogP contribution in [0.4, 0.5) is 0 Å². The number of allylic oxidation sites excluding steroid dienone is 12. The van der Waals surface area contributed by atoms with E-state index in [4.69, 9.17) is 18.9 Å². The van der Waals surface area contributed by atoms with Gasteiger partial charge in [-0.15, -0.1) is 0 Å². The number of carbonyl (C=O) groups excluding carboxylic acids is 1. The lowest BCUT2D eigenvalue weighted by Gasteiger charge is -2.46. The average molecular weight is 962 g/mol. The minimum atomic E-state index is -1.80. The molecule has 1 amide bonds. The molecule has 2 heterocycles. The quantitative estimate of drug-likeness (QED) is 0.0225. The van der Waals surface area contributed by atoms with Crippen molar-refractivity contribution in [2.45, 2.75) is 229 Å². The lowest BCUT2D eigenvalue weighted by atomic mass is 9.97. The van der Waals surface area contributed by atoms with Crippen LogP contribution >= 0.6 is 0 Å². The smallest absolute Gasteiger partial charge is 0.224 e. The molecule has 0 aromatic rings. The Bertz CT molecular complexity index is 1460. The van der Waals surface area contributed by atoms with Crippen LogP contribution in [-0.2, 0) is 23.7 Å². The number of carbonyl (C=O) groups is 1. The van der Waals surface area contributed by atoms with Crippen LogP contribution in [0.25, 0.3) is 0 Å². The summed E-state index contributed by atoms with van der Waals surface area (Å²) in [5.74, 6) is -0.380. The van der Waals surface area contributed by atoms with Crippen molar-refractivity contribution in [1.82, 2.24) is 5.32 Å². The Morgan fingerprint density at radius 1 is 0.544 bits per heavy atom. The highest BCUT2D eigenvalue weighted by Gasteiger charge is 2.51. The Balaban J connectivity index is 1.90. The van der Waals surface area contributed by atoms with Gasteiger partial charge in [-0.3, -0.25) is 4.79 Å². The minimum absolute atomic E-state index is 0.0370. The van der Waals surface area contributed by atoms with Gasteiger partial charge in [-0.05, 0) is 57.8 Å². The van der Waals surface area contributed by atoms with Crippen LogP contribution in [0.15, 0.2) is 85.1 Å². The molecule has 12 atom stereocenters. The Morgan fingerprint density at radius 2 is 1.03 bits per heavy atom. The summed E-state index contributed by atoms with van der Waals surface area (Å²) in [6, 6.07) is -0.990. The first-order valence-electron chi connectivity index (χ1n) is 25.8. The predicted molar refractivity (Wildman–Crippen MR) is 267 cm³/mol. The van der Waals surface area contributed by atoms with Crippen LogP contribution in [-0.4, -0.2) is 140 Å². The maximum absolute atomic E-state index is 13.1. The molecule has 2 aliphatic rings. The minimum Gasteiger partial charge on any atom is -0.394 e. The van der Waals surface area contributed by atoms with Gasteiger partial charge in [0.15, 0.2) is 12.6 Å². The molecule has 2 fully saturated rings. The molecule has 0 radical (unpaired) electrons. The van der Waals surface area contributed by atoms with Crippen molar-refractivity contribution in [3.05, 3.63) is 85.1 Å². The van der Waals surface area contributed by atoms with Crippen LogP contribution in [0, 0.1) is 0 Å². The number of hydrogen-bond donors (Lipinski definition) is 9. The molecule has 0 spiro atoms. The van der Waals surface area contributed by atoms with E-state index in [1.807, 2.05) is 18.2 Å². The number of aliphatic hydroxyl groups is 8. The fourth-order valence-electron chi connectivity index (χ4n) is 7.90. The molecule has 0 bridgehead atoms. The van der Waals surface area contributed by atoms with Crippen molar-refractivity contribution >= 4 is 5.91 Å². The van der Waals surface area contributed by atoms with Gasteiger partial charge in [-0.1, -0.05) is 176 Å². The highest BCUT2D eigenvalue weighted by Crippen LogP contribution is 2.30. The van der Waals surface area contributed by atoms with E-state index < -0.39 is 86.8 Å². The van der Waals surface area contributed by atoms with Gasteiger partial charge in [-0.25, -0.2) is 0 Å². The summed E-state index contributed by atoms with van der Waals surface area (Å²) in [4.78, 5) is 13.1. The van der Waals surface area contributed by atoms with Crippen LogP contribution in [0.1, 0.15) is 155 Å². The zero-order chi connectivity index (χ0) is 49.6. The Hall–Kier alpha value is -2.83. The van der Waals surface area contributed by atoms with Crippen LogP contribution in [0.3, 0.4) is 0 Å².